The van der Waals surface area contributed by atoms with E-state index in [2.05, 4.69) is 36.4 Å². The number of carbonyl (C=O) groups excluding carboxylic acids is 2. The summed E-state index contributed by atoms with van der Waals surface area (Å²) in [6.07, 6.45) is 1.04. The molecule has 0 bridgehead atoms. The number of carbonyl (C=O) groups is 2. The zero-order chi connectivity index (χ0) is 30.2. The number of rotatable bonds is 8. The van der Waals surface area contributed by atoms with Gasteiger partial charge in [-0.05, 0) is 54.4 Å². The summed E-state index contributed by atoms with van der Waals surface area (Å²) in [5.41, 5.74) is 3.51. The average molecular weight is 625 g/mol. The van der Waals surface area contributed by atoms with E-state index < -0.39 is 15.9 Å². The van der Waals surface area contributed by atoms with Crippen molar-refractivity contribution in [2.45, 2.75) is 32.0 Å². The van der Waals surface area contributed by atoms with Crippen LogP contribution in [0.4, 0.5) is 0 Å². The number of hydrogen-bond donors (Lipinski definition) is 1. The van der Waals surface area contributed by atoms with Gasteiger partial charge in [0.15, 0.2) is 11.6 Å². The number of methoxy groups -OCH3 is 2. The van der Waals surface area contributed by atoms with E-state index >= 15 is 0 Å². The van der Waals surface area contributed by atoms with Crippen LogP contribution in [-0.2, 0) is 7.58 Å². The third-order valence-corrected chi connectivity index (χ3v) is 7.53. The number of ether oxygens (including phenoxy) is 2. The van der Waals surface area contributed by atoms with Crippen molar-refractivity contribution < 1.29 is 66.8 Å². The van der Waals surface area contributed by atoms with Gasteiger partial charge in [-0.1, -0.05) is 72.8 Å². The molecular weight excluding hydrogens is 586 g/mol. The van der Waals surface area contributed by atoms with Gasteiger partial charge in [0.25, 0.3) is 0 Å². The largest absolute Gasteiger partial charge is 1.00 e. The Bertz CT molecular complexity index is 1350. The molecule has 1 heterocycles. The molecule has 1 aliphatic rings. The standard InChI is InChI=1S/C16H16O3.C16H14O3.C2H6O.Al.Na.H2O.H/c2*1-19-14-9-7-13(8-10-14)16(18)11-15(17)12-5-3-2-4-6-12;1-2-3;;;;/h2-10,15-16H,11H2,1H3;2-10H,11H2,1H3;3H,2H2,1H3;;;1H2;/q-2;;;+2;+1;;/p-1. The number of Topliss-reactive ketones (excluding diaryl/α,β-unsaturated/α-hetero) is 2. The second-order valence-electron chi connectivity index (χ2n) is 9.28. The fraction of sp³-hybridized carbons (Fsp3) is 0.235. The van der Waals surface area contributed by atoms with Gasteiger partial charge in [-0.25, -0.2) is 0 Å². The van der Waals surface area contributed by atoms with Crippen molar-refractivity contribution in [3.8, 4) is 11.5 Å². The van der Waals surface area contributed by atoms with Crippen molar-refractivity contribution in [3.05, 3.63) is 131 Å². The third kappa shape index (κ3) is 12.7. The Morgan fingerprint density at radius 1 is 0.705 bits per heavy atom. The van der Waals surface area contributed by atoms with Crippen molar-refractivity contribution >= 4 is 27.5 Å². The first kappa shape index (κ1) is 39.2. The Morgan fingerprint density at radius 3 is 1.55 bits per heavy atom. The van der Waals surface area contributed by atoms with Gasteiger partial charge in [-0.3, -0.25) is 9.59 Å². The first-order valence-corrected chi connectivity index (χ1v) is 14.9. The minimum Gasteiger partial charge on any atom is -0.870 e. The van der Waals surface area contributed by atoms with Crippen LogP contribution >= 0.6 is 0 Å². The molecule has 226 valence electrons. The normalized spacial score (nSPS) is 14.7. The summed E-state index contributed by atoms with van der Waals surface area (Å²) < 4.78 is 21.9. The molecule has 10 heteroatoms. The molecule has 2 atom stereocenters. The average Bonchev–Trinajstić information content (AvgIpc) is 3.06. The van der Waals surface area contributed by atoms with Gasteiger partial charge in [-0.2, -0.15) is 0 Å². The summed E-state index contributed by atoms with van der Waals surface area (Å²) in [6, 6.07) is 34.1. The third-order valence-electron chi connectivity index (χ3n) is 6.45. The molecule has 8 nitrogen and oxygen atoms in total. The molecule has 0 amide bonds. The topological polar surface area (TPSA) is 121 Å². The van der Waals surface area contributed by atoms with Crippen molar-refractivity contribution in [2.24, 2.45) is 0 Å². The SMILES string of the molecule is CCO.COc1ccc(C(=O)CC(=O)c2ccccc2)cc1.COc1ccc(C2CC(c3ccccc3)[O][AlH][O]2)cc1.[Na+].[OH-]. The minimum absolute atomic E-state index is 0. The summed E-state index contributed by atoms with van der Waals surface area (Å²) in [6.45, 7) is 1.93. The number of aliphatic hydroxyl groups is 1. The van der Waals surface area contributed by atoms with Gasteiger partial charge < -0.3 is 27.6 Å². The maximum absolute atomic E-state index is 12.0. The van der Waals surface area contributed by atoms with Crippen LogP contribution in [-0.4, -0.2) is 58.9 Å². The molecule has 2 N–H and O–H groups in total. The Kier molecular flexibility index (Phi) is 19.4. The second kappa shape index (κ2) is 21.8. The molecule has 4 aromatic rings. The van der Waals surface area contributed by atoms with Crippen LogP contribution in [0.15, 0.2) is 109 Å². The fourth-order valence-corrected chi connectivity index (χ4v) is 5.30. The molecule has 1 saturated heterocycles. The monoisotopic (exact) mass is 624 g/mol. The van der Waals surface area contributed by atoms with Gasteiger partial charge in [0.05, 0.1) is 32.8 Å². The van der Waals surface area contributed by atoms with Crippen LogP contribution in [0.3, 0.4) is 0 Å². The zero-order valence-corrected chi connectivity index (χ0v) is 29.1. The van der Waals surface area contributed by atoms with Crippen LogP contribution in [0.1, 0.15) is 63.8 Å². The first-order chi connectivity index (χ1) is 20.5. The predicted molar refractivity (Wildman–Crippen MR) is 166 cm³/mol. The number of hydrogen-bond acceptors (Lipinski definition) is 8. The smallest absolute Gasteiger partial charge is 0.870 e. The molecule has 4 aromatic carbocycles. The molecule has 1 fully saturated rings. The maximum atomic E-state index is 12.0. The van der Waals surface area contributed by atoms with Gasteiger partial charge in [0.1, 0.15) is 11.5 Å². The molecule has 1 aliphatic heterocycles. The molecule has 0 radical (unpaired) electrons. The number of benzene rings is 4. The molecule has 0 aromatic heterocycles. The fourth-order valence-electron chi connectivity index (χ4n) is 4.24. The van der Waals surface area contributed by atoms with Crippen molar-refractivity contribution in [1.82, 2.24) is 0 Å². The number of ketones is 2. The van der Waals surface area contributed by atoms with E-state index in [0.29, 0.717) is 16.9 Å². The van der Waals surface area contributed by atoms with E-state index in [4.69, 9.17) is 22.2 Å². The van der Waals surface area contributed by atoms with Crippen molar-refractivity contribution in [1.29, 1.82) is 0 Å². The second-order valence-corrected chi connectivity index (χ2v) is 10.2. The van der Waals surface area contributed by atoms with Crippen LogP contribution in [0.2, 0.25) is 0 Å². The number of aliphatic hydroxyl groups excluding tert-OH is 1. The Balaban J connectivity index is 0.000000388. The first-order valence-electron chi connectivity index (χ1n) is 13.8. The predicted octanol–water partition coefficient (Wildman–Crippen LogP) is 3.16. The molecule has 5 rings (SSSR count). The molecule has 0 spiro atoms. The van der Waals surface area contributed by atoms with Gasteiger partial charge in [0.2, 0.25) is 0 Å². The molecule has 0 saturated carbocycles. The zero-order valence-electron chi connectivity index (χ0n) is 25.7. The van der Waals surface area contributed by atoms with Gasteiger partial charge in [0, 0.05) is 24.2 Å². The summed E-state index contributed by atoms with van der Waals surface area (Å²) in [7, 11) is 3.24. The summed E-state index contributed by atoms with van der Waals surface area (Å²) >= 11 is -0.920. The van der Waals surface area contributed by atoms with Gasteiger partial charge >= 0.3 is 45.4 Å². The van der Waals surface area contributed by atoms with E-state index in [1.54, 1.807) is 69.7 Å². The van der Waals surface area contributed by atoms with Crippen molar-refractivity contribution in [2.75, 3.05) is 20.8 Å². The van der Waals surface area contributed by atoms with Crippen molar-refractivity contribution in [3.63, 3.8) is 0 Å². The Morgan fingerprint density at radius 2 is 1.09 bits per heavy atom. The van der Waals surface area contributed by atoms with Crippen LogP contribution in [0.25, 0.3) is 0 Å². The minimum atomic E-state index is -0.920. The molecule has 0 aliphatic carbocycles. The summed E-state index contributed by atoms with van der Waals surface area (Å²) in [5, 5.41) is 7.57. The Labute approximate surface area is 288 Å². The van der Waals surface area contributed by atoms with E-state index in [1.807, 2.05) is 24.3 Å². The van der Waals surface area contributed by atoms with Crippen LogP contribution in [0, 0.1) is 0 Å². The van der Waals surface area contributed by atoms with E-state index in [-0.39, 0.29) is 71.8 Å². The van der Waals surface area contributed by atoms with E-state index in [1.165, 1.54) is 11.1 Å². The Hall–Kier alpha value is -2.81. The van der Waals surface area contributed by atoms with E-state index in [0.717, 1.165) is 12.2 Å². The quantitative estimate of drug-likeness (QED) is 0.180. The molecule has 44 heavy (non-hydrogen) atoms. The van der Waals surface area contributed by atoms with Gasteiger partial charge in [-0.15, -0.1) is 0 Å². The summed E-state index contributed by atoms with van der Waals surface area (Å²) in [5.74, 6) is 1.21. The molecular formula is C34H38AlNaO8. The molecule has 2 unspecified atom stereocenters. The van der Waals surface area contributed by atoms with Crippen LogP contribution in [0.5, 0.6) is 11.5 Å². The van der Waals surface area contributed by atoms with E-state index in [9.17, 15) is 9.59 Å². The van der Waals surface area contributed by atoms with Crippen LogP contribution < -0.4 is 39.0 Å². The maximum Gasteiger partial charge on any atom is 1.00 e. The summed E-state index contributed by atoms with van der Waals surface area (Å²) in [4.78, 5) is 23.9.